The predicted octanol–water partition coefficient (Wildman–Crippen LogP) is 3.80. The molecule has 1 aliphatic rings. The summed E-state index contributed by atoms with van der Waals surface area (Å²) >= 11 is 12.6. The van der Waals surface area contributed by atoms with Gasteiger partial charge in [-0.1, -0.05) is 34.5 Å². The van der Waals surface area contributed by atoms with Crippen molar-refractivity contribution in [3.05, 3.63) is 89.9 Å². The number of fused-ring (bicyclic) bond motifs is 1. The zero-order valence-corrected chi connectivity index (χ0v) is 20.2. The molecule has 13 heteroatoms. The largest absolute Gasteiger partial charge is 0.339 e. The first-order chi connectivity index (χ1) is 17.3. The van der Waals surface area contributed by atoms with Gasteiger partial charge in [-0.15, -0.1) is 5.10 Å². The molecule has 0 atom stereocenters. The maximum absolute atomic E-state index is 12.8. The van der Waals surface area contributed by atoms with E-state index >= 15 is 0 Å². The molecule has 0 unspecified atom stereocenters. The summed E-state index contributed by atoms with van der Waals surface area (Å²) in [6.45, 7) is 1.11. The van der Waals surface area contributed by atoms with E-state index in [9.17, 15) is 19.7 Å². The number of piperidine rings is 1. The fourth-order valence-electron chi connectivity index (χ4n) is 4.28. The lowest BCUT2D eigenvalue weighted by Crippen LogP contribution is -2.38. The molecule has 3 heterocycles. The van der Waals surface area contributed by atoms with Gasteiger partial charge < -0.3 is 9.88 Å². The van der Waals surface area contributed by atoms with E-state index in [1.165, 1.54) is 28.9 Å². The van der Waals surface area contributed by atoms with Crippen molar-refractivity contribution < 1.29 is 9.72 Å². The molecule has 1 amide bonds. The number of halogens is 2. The van der Waals surface area contributed by atoms with Gasteiger partial charge in [0, 0.05) is 52.3 Å². The first kappa shape index (κ1) is 23.9. The Labute approximate surface area is 213 Å². The SMILES string of the molecule is O=C(c1ccc([N+](=O)[O-])cc1)N1CCC(c2nc3c(nnn3Cc3c(Cl)cccc3Cl)c(=O)[nH]2)CC1. The smallest absolute Gasteiger partial charge is 0.281 e. The van der Waals surface area contributed by atoms with Gasteiger partial charge in [0.2, 0.25) is 0 Å². The van der Waals surface area contributed by atoms with Crippen LogP contribution in [0.4, 0.5) is 5.69 Å². The molecule has 1 N–H and O–H groups in total. The van der Waals surface area contributed by atoms with E-state index in [-0.39, 0.29) is 29.6 Å². The highest BCUT2D eigenvalue weighted by Gasteiger charge is 2.27. The number of hydrogen-bond donors (Lipinski definition) is 1. The second kappa shape index (κ2) is 9.67. The summed E-state index contributed by atoms with van der Waals surface area (Å²) in [4.78, 5) is 45.0. The summed E-state index contributed by atoms with van der Waals surface area (Å²) in [7, 11) is 0. The van der Waals surface area contributed by atoms with E-state index < -0.39 is 10.5 Å². The molecule has 1 saturated heterocycles. The number of carbonyl (C=O) groups is 1. The van der Waals surface area contributed by atoms with Crippen LogP contribution in [0.25, 0.3) is 11.2 Å². The van der Waals surface area contributed by atoms with Gasteiger partial charge in [-0.3, -0.25) is 19.7 Å². The lowest BCUT2D eigenvalue weighted by Gasteiger charge is -2.31. The summed E-state index contributed by atoms with van der Waals surface area (Å²) in [6, 6.07) is 10.7. The monoisotopic (exact) mass is 527 g/mol. The molecule has 0 radical (unpaired) electrons. The molecule has 0 saturated carbocycles. The summed E-state index contributed by atoms with van der Waals surface area (Å²) in [5.41, 5.74) is 1.02. The lowest BCUT2D eigenvalue weighted by atomic mass is 9.95. The molecule has 5 rings (SSSR count). The number of non-ortho nitro benzene ring substituents is 1. The molecule has 0 aliphatic carbocycles. The summed E-state index contributed by atoms with van der Waals surface area (Å²) in [5, 5.41) is 19.8. The van der Waals surface area contributed by atoms with E-state index in [1.54, 1.807) is 23.1 Å². The van der Waals surface area contributed by atoms with Crippen LogP contribution in [0.3, 0.4) is 0 Å². The minimum absolute atomic E-state index is 0.0683. The Morgan fingerprint density at radius 1 is 1.11 bits per heavy atom. The van der Waals surface area contributed by atoms with Crippen molar-refractivity contribution in [3.63, 3.8) is 0 Å². The molecule has 4 aromatic rings. The topological polar surface area (TPSA) is 140 Å². The highest BCUT2D eigenvalue weighted by atomic mass is 35.5. The number of nitrogens with one attached hydrogen (secondary N) is 1. The van der Waals surface area contributed by atoms with Crippen LogP contribution in [0.15, 0.2) is 47.3 Å². The summed E-state index contributed by atoms with van der Waals surface area (Å²) in [5.74, 6) is 0.234. The van der Waals surface area contributed by atoms with Crippen LogP contribution < -0.4 is 5.56 Å². The zero-order chi connectivity index (χ0) is 25.4. The molecule has 0 spiro atoms. The number of benzene rings is 2. The van der Waals surface area contributed by atoms with Gasteiger partial charge in [-0.2, -0.15) is 0 Å². The van der Waals surface area contributed by atoms with Gasteiger partial charge in [0.15, 0.2) is 11.2 Å². The van der Waals surface area contributed by atoms with Gasteiger partial charge >= 0.3 is 0 Å². The fourth-order valence-corrected chi connectivity index (χ4v) is 4.80. The second-order valence-electron chi connectivity index (χ2n) is 8.44. The standard InChI is InChI=1S/C23H19Cl2N7O4/c24-17-2-1-3-18(25)16(17)12-31-21-19(28-29-31)22(33)27-20(26-21)13-8-10-30(11-9-13)23(34)14-4-6-15(7-5-14)32(35)36/h1-7,13H,8-12H2,(H,26,27,33). The van der Waals surface area contributed by atoms with Crippen LogP contribution in [-0.2, 0) is 6.54 Å². The van der Waals surface area contributed by atoms with Crippen LogP contribution in [0.2, 0.25) is 10.0 Å². The van der Waals surface area contributed by atoms with E-state index in [1.807, 2.05) is 0 Å². The van der Waals surface area contributed by atoms with Gasteiger partial charge in [0.05, 0.1) is 11.5 Å². The number of aromatic nitrogens is 5. The minimum atomic E-state index is -0.505. The number of aromatic amines is 1. The number of likely N-dealkylation sites (tertiary alicyclic amines) is 1. The van der Waals surface area contributed by atoms with Crippen molar-refractivity contribution in [3.8, 4) is 0 Å². The van der Waals surface area contributed by atoms with Gasteiger partial charge in [-0.25, -0.2) is 9.67 Å². The molecule has 2 aromatic heterocycles. The van der Waals surface area contributed by atoms with Crippen LogP contribution >= 0.6 is 23.2 Å². The first-order valence-corrected chi connectivity index (χ1v) is 11.9. The molecule has 1 fully saturated rings. The van der Waals surface area contributed by atoms with Crippen molar-refractivity contribution in [2.45, 2.75) is 25.3 Å². The third kappa shape index (κ3) is 4.54. The molecular weight excluding hydrogens is 509 g/mol. The van der Waals surface area contributed by atoms with E-state index in [2.05, 4.69) is 20.3 Å². The first-order valence-electron chi connectivity index (χ1n) is 11.1. The third-order valence-electron chi connectivity index (χ3n) is 6.26. The molecule has 184 valence electrons. The second-order valence-corrected chi connectivity index (χ2v) is 9.26. The highest BCUT2D eigenvalue weighted by molar-refractivity contribution is 6.36. The van der Waals surface area contributed by atoms with Gasteiger partial charge in [-0.05, 0) is 37.1 Å². The maximum Gasteiger partial charge on any atom is 0.281 e. The lowest BCUT2D eigenvalue weighted by molar-refractivity contribution is -0.384. The third-order valence-corrected chi connectivity index (χ3v) is 6.96. The molecule has 0 bridgehead atoms. The molecule has 1 aliphatic heterocycles. The van der Waals surface area contributed by atoms with Crippen molar-refractivity contribution in [2.24, 2.45) is 0 Å². The predicted molar refractivity (Wildman–Crippen MR) is 132 cm³/mol. The quantitative estimate of drug-likeness (QED) is 0.307. The zero-order valence-electron chi connectivity index (χ0n) is 18.7. The van der Waals surface area contributed by atoms with E-state index in [4.69, 9.17) is 23.2 Å². The number of nitro groups is 1. The average molecular weight is 528 g/mol. The average Bonchev–Trinajstić information content (AvgIpc) is 3.29. The Balaban J connectivity index is 1.34. The van der Waals surface area contributed by atoms with Crippen molar-refractivity contribution in [1.29, 1.82) is 0 Å². The van der Waals surface area contributed by atoms with Crippen LogP contribution in [0, 0.1) is 10.1 Å². The number of H-pyrrole nitrogens is 1. The molecule has 36 heavy (non-hydrogen) atoms. The Kier molecular flexibility index (Phi) is 6.42. The van der Waals surface area contributed by atoms with Crippen LogP contribution in [0.1, 0.15) is 40.5 Å². The van der Waals surface area contributed by atoms with E-state index in [0.29, 0.717) is 58.6 Å². The molecule has 11 nitrogen and oxygen atoms in total. The Hall–Kier alpha value is -3.83. The normalized spacial score (nSPS) is 14.3. The molecule has 2 aromatic carbocycles. The van der Waals surface area contributed by atoms with Crippen molar-refractivity contribution in [2.75, 3.05) is 13.1 Å². The summed E-state index contributed by atoms with van der Waals surface area (Å²) < 4.78 is 1.49. The minimum Gasteiger partial charge on any atom is -0.339 e. The number of amides is 1. The van der Waals surface area contributed by atoms with Gasteiger partial charge in [0.25, 0.3) is 17.2 Å². The molecular formula is C23H19Cl2N7O4. The van der Waals surface area contributed by atoms with Gasteiger partial charge in [0.1, 0.15) is 5.82 Å². The van der Waals surface area contributed by atoms with Crippen molar-refractivity contribution >= 4 is 46.0 Å². The maximum atomic E-state index is 12.8. The van der Waals surface area contributed by atoms with E-state index in [0.717, 1.165) is 0 Å². The number of nitrogens with zero attached hydrogens (tertiary/aromatic N) is 6. The number of hydrogen-bond acceptors (Lipinski definition) is 7. The Morgan fingerprint density at radius 2 is 1.78 bits per heavy atom. The van der Waals surface area contributed by atoms with Crippen LogP contribution in [-0.4, -0.2) is 53.8 Å². The number of rotatable bonds is 5. The van der Waals surface area contributed by atoms with Crippen LogP contribution in [0.5, 0.6) is 0 Å². The Morgan fingerprint density at radius 3 is 2.42 bits per heavy atom. The van der Waals surface area contributed by atoms with Crippen molar-refractivity contribution in [1.82, 2.24) is 29.9 Å². The highest BCUT2D eigenvalue weighted by Crippen LogP contribution is 2.28. The fraction of sp³-hybridized carbons (Fsp3) is 0.261. The summed E-state index contributed by atoms with van der Waals surface area (Å²) in [6.07, 6.45) is 1.18. The number of nitro benzene ring substituents is 1. The Bertz CT molecular complexity index is 1510. The number of carbonyl (C=O) groups excluding carboxylic acids is 1.